The second kappa shape index (κ2) is 14.9. The maximum absolute atomic E-state index is 15.3. The van der Waals surface area contributed by atoms with Gasteiger partial charge in [-0.15, -0.1) is 5.10 Å². The number of hydrogen-bond donors (Lipinski definition) is 1. The summed E-state index contributed by atoms with van der Waals surface area (Å²) in [6.07, 6.45) is 3.92. The molecular weight excluding hydrogens is 721 g/mol. The number of non-ortho nitro benzene ring substituents is 1. The Hall–Kier alpha value is -5.64. The number of pyridine rings is 1. The van der Waals surface area contributed by atoms with Gasteiger partial charge in [-0.2, -0.15) is 0 Å². The summed E-state index contributed by atoms with van der Waals surface area (Å²) in [5.74, 6) is 0.261. The molecule has 4 atom stereocenters. The van der Waals surface area contributed by atoms with Gasteiger partial charge in [0.15, 0.2) is 11.4 Å². The van der Waals surface area contributed by atoms with Crippen molar-refractivity contribution in [2.24, 2.45) is 5.92 Å². The molecule has 14 nitrogen and oxygen atoms in total. The largest absolute Gasteiger partial charge is 0.497 e. The van der Waals surface area contributed by atoms with Crippen LogP contribution in [0.1, 0.15) is 30.2 Å². The van der Waals surface area contributed by atoms with Crippen LogP contribution in [0.25, 0.3) is 5.69 Å². The summed E-state index contributed by atoms with van der Waals surface area (Å²) in [5, 5.41) is 31.2. The van der Waals surface area contributed by atoms with E-state index in [0.29, 0.717) is 42.0 Å². The van der Waals surface area contributed by atoms with E-state index in [4.69, 9.17) is 14.2 Å². The third-order valence-corrected chi connectivity index (χ3v) is 15.6. The first kappa shape index (κ1) is 37.7. The Bertz CT molecular complexity index is 2290. The van der Waals surface area contributed by atoms with Crippen LogP contribution in [0.4, 0.5) is 11.4 Å². The predicted octanol–water partition coefficient (Wildman–Crippen LogP) is 4.74. The summed E-state index contributed by atoms with van der Waals surface area (Å²) in [4.78, 5) is 41.8. The number of methoxy groups -OCH3 is 2. The van der Waals surface area contributed by atoms with Crippen LogP contribution < -0.4 is 25.1 Å². The number of hydrogen-bond acceptors (Lipinski definition) is 10. The standard InChI is InChI=1S/C40H44N6O8Si/c1-26-37(55(4,5)32-14-12-31(52-2)13-15-32)35(17-20-43-25-28(18-21-47)41-42-43)54-40(26)33-23-30(46(50)51)11-16-34(33)45(39(40)49)24-27-8-6-9-29(22-27)44-19-7-10-36(53-3)38(44)48/h6-16,19,22-23,25-26,35,37,47H,17-18,20-21,24H2,1-5H3/t26-,35+,37-,40+/m1/s1. The van der Waals surface area contributed by atoms with E-state index in [1.54, 1.807) is 53.4 Å². The van der Waals surface area contributed by atoms with E-state index >= 15 is 4.79 Å². The van der Waals surface area contributed by atoms with Gasteiger partial charge in [-0.25, -0.2) is 0 Å². The molecule has 55 heavy (non-hydrogen) atoms. The van der Waals surface area contributed by atoms with E-state index in [9.17, 15) is 20.0 Å². The Balaban J connectivity index is 1.31. The molecule has 1 N–H and O–H groups in total. The molecule has 2 aromatic heterocycles. The lowest BCUT2D eigenvalue weighted by Crippen LogP contribution is -2.51. The number of benzene rings is 3. The van der Waals surface area contributed by atoms with Gasteiger partial charge < -0.3 is 24.2 Å². The Morgan fingerprint density at radius 1 is 1.02 bits per heavy atom. The molecule has 15 heteroatoms. The molecule has 286 valence electrons. The highest BCUT2D eigenvalue weighted by atomic mass is 28.3. The lowest BCUT2D eigenvalue weighted by Gasteiger charge is -2.37. The van der Waals surface area contributed by atoms with Crippen LogP contribution in [0.5, 0.6) is 11.5 Å². The monoisotopic (exact) mass is 764 g/mol. The van der Waals surface area contributed by atoms with Crippen molar-refractivity contribution < 1.29 is 29.0 Å². The Kier molecular flexibility index (Phi) is 10.2. The van der Waals surface area contributed by atoms with Crippen molar-refractivity contribution in [3.05, 3.63) is 129 Å². The summed E-state index contributed by atoms with van der Waals surface area (Å²) < 4.78 is 21.1. The highest BCUT2D eigenvalue weighted by molar-refractivity contribution is 6.91. The molecule has 0 saturated carbocycles. The van der Waals surface area contributed by atoms with Crippen molar-refractivity contribution in [1.29, 1.82) is 0 Å². The maximum atomic E-state index is 15.3. The quantitative estimate of drug-likeness (QED) is 0.101. The molecule has 0 aliphatic carbocycles. The lowest BCUT2D eigenvalue weighted by molar-refractivity contribution is -0.385. The van der Waals surface area contributed by atoms with Crippen LogP contribution in [0, 0.1) is 16.0 Å². The van der Waals surface area contributed by atoms with Crippen LogP contribution in [0.2, 0.25) is 18.6 Å². The van der Waals surface area contributed by atoms with Crippen molar-refractivity contribution in [2.75, 3.05) is 25.7 Å². The molecule has 0 bridgehead atoms. The topological polar surface area (TPSA) is 164 Å². The van der Waals surface area contributed by atoms with Gasteiger partial charge in [0.1, 0.15) is 5.75 Å². The molecule has 2 aliphatic rings. The van der Waals surface area contributed by atoms with E-state index in [0.717, 1.165) is 16.5 Å². The molecule has 1 amide bonds. The number of aliphatic hydroxyl groups is 1. The fourth-order valence-corrected chi connectivity index (χ4v) is 12.7. The van der Waals surface area contributed by atoms with Gasteiger partial charge in [-0.3, -0.25) is 29.0 Å². The molecule has 5 aromatic rings. The molecule has 3 aromatic carbocycles. The molecule has 1 spiro atoms. The molecule has 0 radical (unpaired) electrons. The van der Waals surface area contributed by atoms with Crippen molar-refractivity contribution >= 4 is 30.5 Å². The summed E-state index contributed by atoms with van der Waals surface area (Å²) in [7, 11) is 0.578. The van der Waals surface area contributed by atoms with E-state index in [-0.39, 0.29) is 47.5 Å². The first-order valence-electron chi connectivity index (χ1n) is 18.2. The average molecular weight is 765 g/mol. The lowest BCUT2D eigenvalue weighted by atomic mass is 9.82. The Morgan fingerprint density at radius 2 is 1.80 bits per heavy atom. The number of carbonyl (C=O) groups excluding carboxylic acids is 1. The van der Waals surface area contributed by atoms with E-state index in [1.165, 1.54) is 23.8 Å². The minimum absolute atomic E-state index is 0.0395. The van der Waals surface area contributed by atoms with Crippen LogP contribution in [0.15, 0.2) is 96.1 Å². The summed E-state index contributed by atoms with van der Waals surface area (Å²) in [6, 6.07) is 23.3. The molecule has 1 saturated heterocycles. The van der Waals surface area contributed by atoms with Gasteiger partial charge in [0, 0.05) is 61.3 Å². The number of nitrogens with zero attached hydrogens (tertiary/aromatic N) is 6. The number of carbonyl (C=O) groups is 1. The first-order chi connectivity index (χ1) is 26.4. The number of aromatic nitrogens is 4. The number of rotatable bonds is 13. The van der Waals surface area contributed by atoms with Gasteiger partial charge in [0.05, 0.1) is 51.2 Å². The van der Waals surface area contributed by atoms with E-state index in [1.807, 2.05) is 37.3 Å². The highest BCUT2D eigenvalue weighted by Crippen LogP contribution is 2.60. The average Bonchev–Trinajstić information content (AvgIpc) is 3.83. The Morgan fingerprint density at radius 3 is 2.51 bits per heavy atom. The summed E-state index contributed by atoms with van der Waals surface area (Å²) in [5.41, 5.74) is 0.955. The van der Waals surface area contributed by atoms with Crippen LogP contribution in [0.3, 0.4) is 0 Å². The molecule has 4 heterocycles. The SMILES string of the molecule is COc1ccc([Si](C)(C)[C@H]2[C@H](CCn3cc(CCO)nn3)O[C@@]3(C(=O)N(Cc4cccc(-n5cccc(OC)c5=O)c4)c4ccc([N+](=O)[O-])cc43)[C@@H]2C)cc1. The van der Waals surface area contributed by atoms with Gasteiger partial charge >= 0.3 is 0 Å². The fraction of sp³-hybridized carbons (Fsp3) is 0.350. The zero-order chi connectivity index (χ0) is 39.1. The highest BCUT2D eigenvalue weighted by Gasteiger charge is 2.66. The van der Waals surface area contributed by atoms with Crippen molar-refractivity contribution in [2.45, 2.75) is 63.2 Å². The molecule has 0 unspecified atom stereocenters. The third kappa shape index (κ3) is 6.61. The number of aryl methyl sites for hydroxylation is 1. The Labute approximate surface area is 319 Å². The molecule has 7 rings (SSSR count). The number of anilines is 1. The minimum Gasteiger partial charge on any atom is -0.497 e. The van der Waals surface area contributed by atoms with Gasteiger partial charge in [-0.1, -0.05) is 54.7 Å². The molecule has 1 fully saturated rings. The minimum atomic E-state index is -2.49. The zero-order valence-electron chi connectivity index (χ0n) is 31.4. The normalized spacial score (nSPS) is 20.6. The smallest absolute Gasteiger partial charge is 0.297 e. The van der Waals surface area contributed by atoms with E-state index in [2.05, 4.69) is 35.5 Å². The summed E-state index contributed by atoms with van der Waals surface area (Å²) in [6.45, 7) is 7.14. The number of amides is 1. The van der Waals surface area contributed by atoms with Gasteiger partial charge in [0.25, 0.3) is 17.2 Å². The van der Waals surface area contributed by atoms with Crippen LogP contribution in [-0.2, 0) is 34.6 Å². The van der Waals surface area contributed by atoms with Gasteiger partial charge in [-0.05, 0) is 60.0 Å². The number of aliphatic hydroxyl groups excluding tert-OH is 1. The van der Waals surface area contributed by atoms with Gasteiger partial charge in [0.2, 0.25) is 0 Å². The van der Waals surface area contributed by atoms with Crippen molar-refractivity contribution in [1.82, 2.24) is 19.6 Å². The third-order valence-electron chi connectivity index (χ3n) is 11.3. The second-order valence-electron chi connectivity index (χ2n) is 14.7. The number of nitro groups is 1. The fourth-order valence-electron chi connectivity index (χ4n) is 8.60. The zero-order valence-corrected chi connectivity index (χ0v) is 32.4. The van der Waals surface area contributed by atoms with Crippen molar-refractivity contribution in [3.8, 4) is 17.2 Å². The number of nitro benzene ring substituents is 1. The molecular formula is C40H44N6O8Si. The van der Waals surface area contributed by atoms with E-state index < -0.39 is 24.7 Å². The predicted molar refractivity (Wildman–Crippen MR) is 208 cm³/mol. The first-order valence-corrected chi connectivity index (χ1v) is 21.3. The van der Waals surface area contributed by atoms with Crippen LogP contribution >= 0.6 is 0 Å². The second-order valence-corrected chi connectivity index (χ2v) is 19.4. The van der Waals surface area contributed by atoms with Crippen LogP contribution in [-0.4, -0.2) is 70.5 Å². The van der Waals surface area contributed by atoms with Crippen molar-refractivity contribution in [3.63, 3.8) is 0 Å². The number of ether oxygens (including phenoxy) is 3. The summed E-state index contributed by atoms with van der Waals surface area (Å²) >= 11 is 0. The molecule has 2 aliphatic heterocycles. The maximum Gasteiger partial charge on any atom is 0.297 e. The number of fused-ring (bicyclic) bond motifs is 2.